The van der Waals surface area contributed by atoms with E-state index in [1.165, 1.54) is 12.1 Å². The van der Waals surface area contributed by atoms with Crippen LogP contribution in [0.4, 0.5) is 10.1 Å². The number of rotatable bonds is 5. The van der Waals surface area contributed by atoms with Crippen molar-refractivity contribution in [1.29, 1.82) is 0 Å². The smallest absolute Gasteiger partial charge is 0.344 e. The Labute approximate surface area is 122 Å². The Morgan fingerprint density at radius 2 is 1.90 bits per heavy atom. The third kappa shape index (κ3) is 4.49. The molecule has 2 aromatic rings. The second kappa shape index (κ2) is 6.74. The molecule has 0 heterocycles. The first-order valence-corrected chi connectivity index (χ1v) is 6.43. The number of nitrogens with two attached hydrogens (primary N) is 1. The van der Waals surface area contributed by atoms with Gasteiger partial charge in [0.1, 0.15) is 18.2 Å². The highest BCUT2D eigenvalue weighted by Gasteiger charge is 2.07. The fraction of sp³-hybridized carbons (Fsp3) is 0.188. The first kappa shape index (κ1) is 14.8. The van der Waals surface area contributed by atoms with Gasteiger partial charge in [0, 0.05) is 5.69 Å². The highest BCUT2D eigenvalue weighted by molar-refractivity contribution is 5.71. The molecule has 0 aliphatic carbocycles. The lowest BCUT2D eigenvalue weighted by atomic mass is 10.1. The number of aryl methyl sites for hydroxylation is 1. The molecule has 2 rings (SSSR count). The summed E-state index contributed by atoms with van der Waals surface area (Å²) in [7, 11) is 0. The summed E-state index contributed by atoms with van der Waals surface area (Å²) in [6, 6.07) is 11.0. The van der Waals surface area contributed by atoms with Gasteiger partial charge >= 0.3 is 5.97 Å². The number of ether oxygens (including phenoxy) is 2. The van der Waals surface area contributed by atoms with E-state index in [1.807, 2.05) is 6.92 Å². The summed E-state index contributed by atoms with van der Waals surface area (Å²) in [5, 5.41) is 0. The van der Waals surface area contributed by atoms with E-state index in [0.717, 1.165) is 5.56 Å². The van der Waals surface area contributed by atoms with E-state index in [2.05, 4.69) is 0 Å². The summed E-state index contributed by atoms with van der Waals surface area (Å²) in [4.78, 5) is 11.6. The van der Waals surface area contributed by atoms with Crippen molar-refractivity contribution < 1.29 is 18.7 Å². The Morgan fingerprint density at radius 3 is 2.62 bits per heavy atom. The maximum absolute atomic E-state index is 13.1. The molecule has 21 heavy (non-hydrogen) atoms. The second-order valence-electron chi connectivity index (χ2n) is 4.59. The van der Waals surface area contributed by atoms with Gasteiger partial charge in [0.25, 0.3) is 0 Å². The van der Waals surface area contributed by atoms with Crippen LogP contribution in [0.25, 0.3) is 0 Å². The number of nitrogen functional groups attached to an aromatic ring is 1. The second-order valence-corrected chi connectivity index (χ2v) is 4.59. The zero-order valence-electron chi connectivity index (χ0n) is 11.6. The number of hydrogen-bond acceptors (Lipinski definition) is 4. The molecule has 0 amide bonds. The van der Waals surface area contributed by atoms with Crippen LogP contribution >= 0.6 is 0 Å². The van der Waals surface area contributed by atoms with Crippen molar-refractivity contribution in [3.63, 3.8) is 0 Å². The molecule has 0 unspecified atom stereocenters. The van der Waals surface area contributed by atoms with E-state index >= 15 is 0 Å². The lowest BCUT2D eigenvalue weighted by Crippen LogP contribution is -2.15. The average Bonchev–Trinajstić information content (AvgIpc) is 2.47. The summed E-state index contributed by atoms with van der Waals surface area (Å²) >= 11 is 0. The van der Waals surface area contributed by atoms with Crippen LogP contribution < -0.4 is 10.5 Å². The number of carbonyl (C=O) groups is 1. The zero-order chi connectivity index (χ0) is 15.2. The minimum atomic E-state index is -0.518. The number of benzene rings is 2. The highest BCUT2D eigenvalue weighted by Crippen LogP contribution is 2.14. The molecule has 0 aliphatic rings. The van der Waals surface area contributed by atoms with Crippen LogP contribution in [0.3, 0.4) is 0 Å². The minimum Gasteiger partial charge on any atom is -0.482 e. The minimum absolute atomic E-state index is 0.0214. The van der Waals surface area contributed by atoms with Gasteiger partial charge in [0.15, 0.2) is 6.61 Å². The standard InChI is InChI=1S/C16H16FNO3/c1-11-2-3-13(17)8-12(11)9-21-16(19)10-20-15-6-4-14(18)5-7-15/h2-8H,9-10,18H2,1H3. The van der Waals surface area contributed by atoms with Crippen LogP contribution in [0.5, 0.6) is 5.75 Å². The molecule has 0 aliphatic heterocycles. The SMILES string of the molecule is Cc1ccc(F)cc1COC(=O)COc1ccc(N)cc1. The Morgan fingerprint density at radius 1 is 1.19 bits per heavy atom. The van der Waals surface area contributed by atoms with Crippen LogP contribution in [0.2, 0.25) is 0 Å². The number of carbonyl (C=O) groups excluding carboxylic acids is 1. The normalized spacial score (nSPS) is 10.2. The molecular formula is C16H16FNO3. The Bertz CT molecular complexity index is 626. The largest absolute Gasteiger partial charge is 0.482 e. The van der Waals surface area contributed by atoms with E-state index in [1.54, 1.807) is 30.3 Å². The number of hydrogen-bond donors (Lipinski definition) is 1. The average molecular weight is 289 g/mol. The van der Waals surface area contributed by atoms with E-state index in [0.29, 0.717) is 17.0 Å². The number of esters is 1. The first-order valence-electron chi connectivity index (χ1n) is 6.43. The molecule has 4 nitrogen and oxygen atoms in total. The number of anilines is 1. The molecule has 0 bridgehead atoms. The summed E-state index contributed by atoms with van der Waals surface area (Å²) in [5.41, 5.74) is 7.66. The topological polar surface area (TPSA) is 61.5 Å². The summed E-state index contributed by atoms with van der Waals surface area (Å²) < 4.78 is 23.4. The van der Waals surface area contributed by atoms with Gasteiger partial charge in [-0.3, -0.25) is 0 Å². The zero-order valence-corrected chi connectivity index (χ0v) is 11.6. The molecule has 0 radical (unpaired) electrons. The maximum Gasteiger partial charge on any atom is 0.344 e. The van der Waals surface area contributed by atoms with Crippen LogP contribution in [-0.4, -0.2) is 12.6 Å². The van der Waals surface area contributed by atoms with Crippen molar-refractivity contribution >= 4 is 11.7 Å². The van der Waals surface area contributed by atoms with E-state index in [-0.39, 0.29) is 19.0 Å². The molecule has 2 aromatic carbocycles. The summed E-state index contributed by atoms with van der Waals surface area (Å²) in [6.45, 7) is 1.64. The molecule has 2 N–H and O–H groups in total. The predicted octanol–water partition coefficient (Wildman–Crippen LogP) is 2.84. The van der Waals surface area contributed by atoms with Gasteiger partial charge < -0.3 is 15.2 Å². The van der Waals surface area contributed by atoms with Gasteiger partial charge in [-0.25, -0.2) is 9.18 Å². The Balaban J connectivity index is 1.82. The monoisotopic (exact) mass is 289 g/mol. The predicted molar refractivity (Wildman–Crippen MR) is 77.3 cm³/mol. The molecule has 110 valence electrons. The van der Waals surface area contributed by atoms with Crippen molar-refractivity contribution in [2.75, 3.05) is 12.3 Å². The number of halogens is 1. The summed E-state index contributed by atoms with van der Waals surface area (Å²) in [6.07, 6.45) is 0. The molecule has 0 saturated heterocycles. The molecule has 5 heteroatoms. The van der Waals surface area contributed by atoms with Crippen molar-refractivity contribution in [1.82, 2.24) is 0 Å². The van der Waals surface area contributed by atoms with Crippen molar-refractivity contribution in [2.45, 2.75) is 13.5 Å². The van der Waals surface area contributed by atoms with Crippen LogP contribution in [0.15, 0.2) is 42.5 Å². The van der Waals surface area contributed by atoms with Gasteiger partial charge in [-0.15, -0.1) is 0 Å². The lowest BCUT2D eigenvalue weighted by Gasteiger charge is -2.09. The quantitative estimate of drug-likeness (QED) is 0.679. The molecule has 0 aromatic heterocycles. The van der Waals surface area contributed by atoms with E-state index in [9.17, 15) is 9.18 Å². The molecule has 0 saturated carbocycles. The maximum atomic E-state index is 13.1. The van der Waals surface area contributed by atoms with Gasteiger partial charge in [-0.2, -0.15) is 0 Å². The van der Waals surface area contributed by atoms with Gasteiger partial charge in [0.05, 0.1) is 0 Å². The molecule has 0 spiro atoms. The van der Waals surface area contributed by atoms with Crippen LogP contribution in [-0.2, 0) is 16.1 Å². The van der Waals surface area contributed by atoms with Gasteiger partial charge in [-0.05, 0) is 54.4 Å². The summed E-state index contributed by atoms with van der Waals surface area (Å²) in [5.74, 6) is -0.344. The van der Waals surface area contributed by atoms with Crippen molar-refractivity contribution in [3.8, 4) is 5.75 Å². The van der Waals surface area contributed by atoms with E-state index in [4.69, 9.17) is 15.2 Å². The fourth-order valence-corrected chi connectivity index (χ4v) is 1.70. The first-order chi connectivity index (χ1) is 10.0. The molecular weight excluding hydrogens is 273 g/mol. The van der Waals surface area contributed by atoms with Gasteiger partial charge in [0.2, 0.25) is 0 Å². The third-order valence-corrected chi connectivity index (χ3v) is 2.94. The molecule has 0 atom stereocenters. The van der Waals surface area contributed by atoms with Crippen molar-refractivity contribution in [3.05, 3.63) is 59.4 Å². The highest BCUT2D eigenvalue weighted by atomic mass is 19.1. The Hall–Kier alpha value is -2.56. The van der Waals surface area contributed by atoms with Gasteiger partial charge in [-0.1, -0.05) is 6.07 Å². The van der Waals surface area contributed by atoms with Crippen LogP contribution in [0.1, 0.15) is 11.1 Å². The van der Waals surface area contributed by atoms with E-state index < -0.39 is 5.97 Å². The third-order valence-electron chi connectivity index (χ3n) is 2.94. The van der Waals surface area contributed by atoms with Crippen molar-refractivity contribution in [2.24, 2.45) is 0 Å². The lowest BCUT2D eigenvalue weighted by molar-refractivity contribution is -0.147. The van der Waals surface area contributed by atoms with Crippen LogP contribution in [0, 0.1) is 12.7 Å². The molecule has 0 fully saturated rings. The Kier molecular flexibility index (Phi) is 4.77. The fourth-order valence-electron chi connectivity index (χ4n) is 1.70.